The molecule has 1 fully saturated rings. The van der Waals surface area contributed by atoms with Crippen molar-refractivity contribution in [3.8, 4) is 0 Å². The molecule has 0 aromatic heterocycles. The normalized spacial score (nSPS) is 20.5. The first kappa shape index (κ1) is 14.3. The Morgan fingerprint density at radius 3 is 2.42 bits per heavy atom. The lowest BCUT2D eigenvalue weighted by atomic mass is 9.98. The molecule has 0 bridgehead atoms. The summed E-state index contributed by atoms with van der Waals surface area (Å²) in [4.78, 5) is 2.29. The molecule has 1 saturated heterocycles. The van der Waals surface area contributed by atoms with E-state index in [1.165, 1.54) is 11.8 Å². The quantitative estimate of drug-likeness (QED) is 0.831. The van der Waals surface area contributed by atoms with E-state index < -0.39 is 10.0 Å². The predicted octanol–water partition coefficient (Wildman–Crippen LogP) is 1.86. The fourth-order valence-electron chi connectivity index (χ4n) is 2.67. The van der Waals surface area contributed by atoms with Crippen LogP contribution in [0.5, 0.6) is 0 Å². The van der Waals surface area contributed by atoms with E-state index in [4.69, 9.17) is 0 Å². The Morgan fingerprint density at radius 2 is 1.89 bits per heavy atom. The molecule has 0 saturated carbocycles. The third kappa shape index (κ3) is 3.09. The van der Waals surface area contributed by atoms with E-state index in [9.17, 15) is 8.42 Å². The third-order valence-electron chi connectivity index (χ3n) is 3.65. The van der Waals surface area contributed by atoms with E-state index in [2.05, 4.69) is 43.9 Å². The molecule has 1 aliphatic rings. The number of anilines is 1. The monoisotopic (exact) mass is 282 g/mol. The number of aryl methyl sites for hydroxylation is 1. The fraction of sp³-hybridized carbons (Fsp3) is 0.571. The SMILES string of the molecule is Cc1cccc(N2CCN(S(C)(=O)=O)CC2(C)C)c1. The molecule has 0 aliphatic carbocycles. The third-order valence-corrected chi connectivity index (χ3v) is 4.90. The summed E-state index contributed by atoms with van der Waals surface area (Å²) in [6.45, 7) is 8.06. The van der Waals surface area contributed by atoms with Gasteiger partial charge in [-0.05, 0) is 38.5 Å². The standard InChI is InChI=1S/C14H22N2O2S/c1-12-6-5-7-13(10-12)16-9-8-15(19(4,17)18)11-14(16,2)3/h5-7,10H,8-9,11H2,1-4H3. The highest BCUT2D eigenvalue weighted by atomic mass is 32.2. The van der Waals surface area contributed by atoms with E-state index >= 15 is 0 Å². The number of sulfonamides is 1. The van der Waals surface area contributed by atoms with Gasteiger partial charge in [0.2, 0.25) is 10.0 Å². The molecule has 0 unspecified atom stereocenters. The van der Waals surface area contributed by atoms with Crippen LogP contribution in [0.25, 0.3) is 0 Å². The highest BCUT2D eigenvalue weighted by Crippen LogP contribution is 2.29. The van der Waals surface area contributed by atoms with Crippen LogP contribution in [0, 0.1) is 6.92 Å². The molecular weight excluding hydrogens is 260 g/mol. The van der Waals surface area contributed by atoms with Crippen molar-refractivity contribution in [2.24, 2.45) is 0 Å². The Balaban J connectivity index is 2.26. The summed E-state index contributed by atoms with van der Waals surface area (Å²) >= 11 is 0. The molecule has 19 heavy (non-hydrogen) atoms. The summed E-state index contributed by atoms with van der Waals surface area (Å²) in [6.07, 6.45) is 1.28. The van der Waals surface area contributed by atoms with Crippen LogP contribution in [0.15, 0.2) is 24.3 Å². The van der Waals surface area contributed by atoms with Gasteiger partial charge in [0, 0.05) is 30.9 Å². The number of hydrogen-bond donors (Lipinski definition) is 0. The zero-order valence-electron chi connectivity index (χ0n) is 12.0. The van der Waals surface area contributed by atoms with Gasteiger partial charge in [0.15, 0.2) is 0 Å². The minimum atomic E-state index is -3.10. The summed E-state index contributed by atoms with van der Waals surface area (Å²) in [5, 5.41) is 0. The number of benzene rings is 1. The molecule has 1 aromatic carbocycles. The molecule has 5 heteroatoms. The summed E-state index contributed by atoms with van der Waals surface area (Å²) in [5.74, 6) is 0. The van der Waals surface area contributed by atoms with Crippen LogP contribution in [-0.4, -0.2) is 44.2 Å². The summed E-state index contributed by atoms with van der Waals surface area (Å²) in [5.41, 5.74) is 2.19. The molecule has 4 nitrogen and oxygen atoms in total. The van der Waals surface area contributed by atoms with Gasteiger partial charge in [-0.15, -0.1) is 0 Å². The minimum Gasteiger partial charge on any atom is -0.364 e. The van der Waals surface area contributed by atoms with Gasteiger partial charge in [-0.1, -0.05) is 12.1 Å². The molecule has 0 amide bonds. The number of hydrogen-bond acceptors (Lipinski definition) is 3. The van der Waals surface area contributed by atoms with Crippen molar-refractivity contribution < 1.29 is 8.42 Å². The molecule has 1 aliphatic heterocycles. The first-order valence-electron chi connectivity index (χ1n) is 6.49. The van der Waals surface area contributed by atoms with E-state index in [1.807, 2.05) is 6.07 Å². The fourth-order valence-corrected chi connectivity index (χ4v) is 3.63. The topological polar surface area (TPSA) is 40.6 Å². The maximum atomic E-state index is 11.7. The highest BCUT2D eigenvalue weighted by molar-refractivity contribution is 7.88. The first-order chi connectivity index (χ1) is 8.70. The van der Waals surface area contributed by atoms with Gasteiger partial charge in [-0.25, -0.2) is 8.42 Å². The zero-order chi connectivity index (χ0) is 14.3. The average molecular weight is 282 g/mol. The Bertz CT molecular complexity index is 567. The largest absolute Gasteiger partial charge is 0.364 e. The van der Waals surface area contributed by atoms with Crippen molar-refractivity contribution in [3.05, 3.63) is 29.8 Å². The van der Waals surface area contributed by atoms with Gasteiger partial charge in [0.1, 0.15) is 0 Å². The summed E-state index contributed by atoms with van der Waals surface area (Å²) in [7, 11) is -3.10. The lowest BCUT2D eigenvalue weighted by Crippen LogP contribution is -2.60. The van der Waals surface area contributed by atoms with Crippen LogP contribution < -0.4 is 4.90 Å². The lowest BCUT2D eigenvalue weighted by Gasteiger charge is -2.47. The lowest BCUT2D eigenvalue weighted by molar-refractivity contribution is 0.275. The van der Waals surface area contributed by atoms with Crippen molar-refractivity contribution in [2.75, 3.05) is 30.8 Å². The van der Waals surface area contributed by atoms with E-state index in [-0.39, 0.29) is 5.54 Å². The maximum absolute atomic E-state index is 11.7. The van der Waals surface area contributed by atoms with Gasteiger partial charge < -0.3 is 4.90 Å². The zero-order valence-corrected chi connectivity index (χ0v) is 12.9. The molecule has 0 radical (unpaired) electrons. The smallest absolute Gasteiger partial charge is 0.211 e. The molecule has 1 aromatic rings. The van der Waals surface area contributed by atoms with Crippen LogP contribution in [0.2, 0.25) is 0 Å². The molecule has 2 rings (SSSR count). The summed E-state index contributed by atoms with van der Waals surface area (Å²) < 4.78 is 24.9. The molecular formula is C14H22N2O2S. The van der Waals surface area contributed by atoms with Crippen molar-refractivity contribution >= 4 is 15.7 Å². The molecule has 1 heterocycles. The van der Waals surface area contributed by atoms with E-state index in [0.29, 0.717) is 13.1 Å². The van der Waals surface area contributed by atoms with E-state index in [1.54, 1.807) is 4.31 Å². The second kappa shape index (κ2) is 4.80. The number of rotatable bonds is 2. The van der Waals surface area contributed by atoms with Gasteiger partial charge in [-0.2, -0.15) is 4.31 Å². The second-order valence-electron chi connectivity index (χ2n) is 5.90. The maximum Gasteiger partial charge on any atom is 0.211 e. The van der Waals surface area contributed by atoms with Crippen LogP contribution in [0.1, 0.15) is 19.4 Å². The Hall–Kier alpha value is -1.07. The first-order valence-corrected chi connectivity index (χ1v) is 8.34. The van der Waals surface area contributed by atoms with Crippen molar-refractivity contribution in [2.45, 2.75) is 26.3 Å². The van der Waals surface area contributed by atoms with Crippen LogP contribution in [0.3, 0.4) is 0 Å². The van der Waals surface area contributed by atoms with Crippen LogP contribution in [0.4, 0.5) is 5.69 Å². The Labute approximate surface area is 116 Å². The van der Waals surface area contributed by atoms with Crippen molar-refractivity contribution in [1.82, 2.24) is 4.31 Å². The molecule has 0 N–H and O–H groups in total. The Morgan fingerprint density at radius 1 is 1.21 bits per heavy atom. The van der Waals surface area contributed by atoms with Gasteiger partial charge >= 0.3 is 0 Å². The average Bonchev–Trinajstić information content (AvgIpc) is 2.26. The number of piperazine rings is 1. The van der Waals surface area contributed by atoms with Gasteiger partial charge in [0.25, 0.3) is 0 Å². The summed E-state index contributed by atoms with van der Waals surface area (Å²) in [6, 6.07) is 8.36. The second-order valence-corrected chi connectivity index (χ2v) is 7.88. The van der Waals surface area contributed by atoms with Crippen molar-refractivity contribution in [1.29, 1.82) is 0 Å². The highest BCUT2D eigenvalue weighted by Gasteiger charge is 2.36. The predicted molar refractivity (Wildman–Crippen MR) is 79.0 cm³/mol. The Kier molecular flexibility index (Phi) is 3.62. The molecule has 106 valence electrons. The minimum absolute atomic E-state index is 0.199. The van der Waals surface area contributed by atoms with Gasteiger partial charge in [-0.3, -0.25) is 0 Å². The van der Waals surface area contributed by atoms with Crippen LogP contribution >= 0.6 is 0 Å². The van der Waals surface area contributed by atoms with Crippen molar-refractivity contribution in [3.63, 3.8) is 0 Å². The van der Waals surface area contributed by atoms with Gasteiger partial charge in [0.05, 0.1) is 6.26 Å². The van der Waals surface area contributed by atoms with E-state index in [0.717, 1.165) is 12.2 Å². The molecule has 0 atom stereocenters. The number of nitrogens with zero attached hydrogens (tertiary/aromatic N) is 2. The molecule has 0 spiro atoms. The van der Waals surface area contributed by atoms with Crippen LogP contribution in [-0.2, 0) is 10.0 Å².